The van der Waals surface area contributed by atoms with Crippen LogP contribution in [0.25, 0.3) is 0 Å². The first kappa shape index (κ1) is 27.6. The lowest BCUT2D eigenvalue weighted by Crippen LogP contribution is -2.36. The van der Waals surface area contributed by atoms with Crippen molar-refractivity contribution in [2.45, 2.75) is 57.1 Å². The molecule has 1 aliphatic heterocycles. The fourth-order valence-electron chi connectivity index (χ4n) is 3.95. The number of aliphatic hydroxyl groups is 1. The van der Waals surface area contributed by atoms with Crippen molar-refractivity contribution < 1.29 is 28.2 Å². The molecule has 1 saturated heterocycles. The summed E-state index contributed by atoms with van der Waals surface area (Å²) in [5.74, 6) is 0.958. The molecule has 1 fully saturated rings. The monoisotopic (exact) mass is 515 g/mol. The van der Waals surface area contributed by atoms with Crippen molar-refractivity contribution >= 4 is 23.2 Å². The van der Waals surface area contributed by atoms with E-state index >= 15 is 0 Å². The Morgan fingerprint density at radius 3 is 2.75 bits per heavy atom. The molecule has 0 unspecified atom stereocenters. The predicted molar refractivity (Wildman–Crippen MR) is 136 cm³/mol. The second-order valence-corrected chi connectivity index (χ2v) is 10.1. The van der Waals surface area contributed by atoms with Gasteiger partial charge in [0.2, 0.25) is 0 Å². The Kier molecular flexibility index (Phi) is 9.80. The van der Waals surface area contributed by atoms with Gasteiger partial charge in [0.05, 0.1) is 19.3 Å². The number of alkyl halides is 2. The van der Waals surface area contributed by atoms with Crippen molar-refractivity contribution in [3.8, 4) is 11.8 Å². The van der Waals surface area contributed by atoms with Crippen LogP contribution in [0.4, 0.5) is 8.78 Å². The third-order valence-corrected chi connectivity index (χ3v) is 7.23. The Balaban J connectivity index is 1.52. The Bertz CT molecular complexity index is 1120. The molecule has 0 radical (unpaired) electrons. The summed E-state index contributed by atoms with van der Waals surface area (Å²) in [6, 6.07) is 12.5. The van der Waals surface area contributed by atoms with Gasteiger partial charge in [-0.25, -0.2) is 4.79 Å². The van der Waals surface area contributed by atoms with Crippen LogP contribution in [0.3, 0.4) is 0 Å². The van der Waals surface area contributed by atoms with Crippen molar-refractivity contribution in [1.29, 1.82) is 0 Å². The summed E-state index contributed by atoms with van der Waals surface area (Å²) in [4.78, 5) is 26.5. The summed E-state index contributed by atoms with van der Waals surface area (Å²) < 4.78 is 33.1. The highest BCUT2D eigenvalue weighted by Crippen LogP contribution is 2.34. The second kappa shape index (κ2) is 12.8. The zero-order valence-electron chi connectivity index (χ0n) is 20.5. The Morgan fingerprint density at radius 2 is 2.03 bits per heavy atom. The van der Waals surface area contributed by atoms with Crippen LogP contribution in [-0.4, -0.2) is 53.6 Å². The Labute approximate surface area is 214 Å². The number of esters is 1. The second-order valence-electron chi connectivity index (χ2n) is 8.91. The molecule has 0 saturated carbocycles. The number of methoxy groups -OCH3 is 1. The molecule has 3 atom stereocenters. The maximum absolute atomic E-state index is 14.2. The number of thiophene rings is 1. The van der Waals surface area contributed by atoms with E-state index in [0.29, 0.717) is 30.6 Å². The molecule has 1 aliphatic rings. The van der Waals surface area contributed by atoms with E-state index in [1.54, 1.807) is 12.1 Å². The van der Waals surface area contributed by atoms with E-state index in [1.807, 2.05) is 37.3 Å². The summed E-state index contributed by atoms with van der Waals surface area (Å²) >= 11 is 1.29. The highest BCUT2D eigenvalue weighted by atomic mass is 32.1. The van der Waals surface area contributed by atoms with Crippen LogP contribution in [0.1, 0.15) is 46.3 Å². The first-order chi connectivity index (χ1) is 17.2. The van der Waals surface area contributed by atoms with Crippen molar-refractivity contribution in [2.75, 3.05) is 13.7 Å². The highest BCUT2D eigenvalue weighted by molar-refractivity contribution is 7.13. The molecule has 192 valence electrons. The molecule has 2 aromatic rings. The predicted octanol–water partition coefficient (Wildman–Crippen LogP) is 4.89. The first-order valence-corrected chi connectivity index (χ1v) is 12.7. The number of likely N-dealkylation sites (tertiary alicyclic amines) is 1. The SMILES string of the molecule is COC(=O)c1ccc(CCCN2C(=O)C(F)(F)C[C@@H]2C=C[C@H](O)[C@H](C)CC#CCc2ccccc2)s1. The lowest BCUT2D eigenvalue weighted by atomic mass is 9.99. The van der Waals surface area contributed by atoms with E-state index in [0.717, 1.165) is 10.4 Å². The molecule has 1 N–H and O–H groups in total. The maximum atomic E-state index is 14.2. The summed E-state index contributed by atoms with van der Waals surface area (Å²) in [6.07, 6.45) is 3.67. The number of benzene rings is 1. The topological polar surface area (TPSA) is 66.8 Å². The number of carbonyl (C=O) groups is 2. The smallest absolute Gasteiger partial charge is 0.348 e. The third-order valence-electron chi connectivity index (χ3n) is 6.11. The minimum Gasteiger partial charge on any atom is -0.465 e. The van der Waals surface area contributed by atoms with E-state index in [4.69, 9.17) is 4.74 Å². The number of hydrogen-bond acceptors (Lipinski definition) is 5. The fourth-order valence-corrected chi connectivity index (χ4v) is 4.92. The van der Waals surface area contributed by atoms with E-state index in [-0.39, 0.29) is 12.5 Å². The van der Waals surface area contributed by atoms with Gasteiger partial charge in [0, 0.05) is 30.7 Å². The fraction of sp³-hybridized carbons (Fsp3) is 0.429. The largest absolute Gasteiger partial charge is 0.465 e. The van der Waals surface area contributed by atoms with Gasteiger partial charge < -0.3 is 14.7 Å². The van der Waals surface area contributed by atoms with Crippen LogP contribution in [0.2, 0.25) is 0 Å². The van der Waals surface area contributed by atoms with Crippen LogP contribution in [-0.2, 0) is 22.4 Å². The van der Waals surface area contributed by atoms with Gasteiger partial charge >= 0.3 is 11.9 Å². The number of hydrogen-bond donors (Lipinski definition) is 1. The van der Waals surface area contributed by atoms with Crippen molar-refractivity contribution in [1.82, 2.24) is 4.90 Å². The number of halogens is 2. The average Bonchev–Trinajstić information content (AvgIpc) is 3.43. The molecular weight excluding hydrogens is 484 g/mol. The molecule has 0 bridgehead atoms. The van der Waals surface area contributed by atoms with Gasteiger partial charge in [0.15, 0.2) is 0 Å². The standard InChI is InChI=1S/C28H31F2NO4S/c1-20(9-6-7-12-21-10-4-3-5-11-21)24(32)16-14-22-19-28(29,30)27(34)31(22)18-8-13-23-15-17-25(36-23)26(33)35-2/h3-5,10-11,14-17,20,22,24,32H,8-9,12-13,18-19H2,1-2H3/t20-,22+,24+/m1/s1. The molecule has 2 heterocycles. The van der Waals surface area contributed by atoms with Gasteiger partial charge in [0.1, 0.15) is 4.88 Å². The molecular formula is C28H31F2NO4S. The lowest BCUT2D eigenvalue weighted by molar-refractivity contribution is -0.148. The zero-order valence-corrected chi connectivity index (χ0v) is 21.3. The Hall–Kier alpha value is -3.02. The normalized spacial score (nSPS) is 18.6. The van der Waals surface area contributed by atoms with Crippen molar-refractivity contribution in [3.05, 3.63) is 69.9 Å². The van der Waals surface area contributed by atoms with E-state index in [1.165, 1.54) is 35.5 Å². The van der Waals surface area contributed by atoms with Crippen LogP contribution in [0, 0.1) is 17.8 Å². The average molecular weight is 516 g/mol. The summed E-state index contributed by atoms with van der Waals surface area (Å²) in [6.45, 7) is 2.01. The molecule has 5 nitrogen and oxygen atoms in total. The van der Waals surface area contributed by atoms with Gasteiger partial charge in [-0.3, -0.25) is 4.79 Å². The number of aryl methyl sites for hydroxylation is 1. The summed E-state index contributed by atoms with van der Waals surface area (Å²) in [5, 5.41) is 10.5. The molecule has 0 spiro atoms. The van der Waals surface area contributed by atoms with Crippen LogP contribution in [0.5, 0.6) is 0 Å². The van der Waals surface area contributed by atoms with Gasteiger partial charge in [0.25, 0.3) is 5.91 Å². The highest BCUT2D eigenvalue weighted by Gasteiger charge is 2.52. The van der Waals surface area contributed by atoms with Crippen LogP contribution < -0.4 is 0 Å². The number of aliphatic hydroxyl groups excluding tert-OH is 1. The molecule has 3 rings (SSSR count). The van der Waals surface area contributed by atoms with Crippen molar-refractivity contribution in [2.24, 2.45) is 5.92 Å². The number of ether oxygens (including phenoxy) is 1. The van der Waals surface area contributed by atoms with Gasteiger partial charge in [-0.2, -0.15) is 8.78 Å². The molecule has 8 heteroatoms. The van der Waals surface area contributed by atoms with E-state index in [2.05, 4.69) is 11.8 Å². The van der Waals surface area contributed by atoms with Gasteiger partial charge in [-0.15, -0.1) is 17.3 Å². The van der Waals surface area contributed by atoms with Gasteiger partial charge in [-0.1, -0.05) is 55.3 Å². The first-order valence-electron chi connectivity index (χ1n) is 11.9. The van der Waals surface area contributed by atoms with Crippen LogP contribution in [0.15, 0.2) is 54.6 Å². The van der Waals surface area contributed by atoms with Gasteiger partial charge in [-0.05, 0) is 36.5 Å². The number of amides is 1. The van der Waals surface area contributed by atoms with E-state index < -0.39 is 36.4 Å². The number of nitrogens with zero attached hydrogens (tertiary/aromatic N) is 1. The summed E-state index contributed by atoms with van der Waals surface area (Å²) in [5.41, 5.74) is 1.12. The van der Waals surface area contributed by atoms with Crippen molar-refractivity contribution in [3.63, 3.8) is 0 Å². The third kappa shape index (κ3) is 7.49. The molecule has 0 aliphatic carbocycles. The molecule has 1 amide bonds. The summed E-state index contributed by atoms with van der Waals surface area (Å²) in [7, 11) is 1.31. The minimum atomic E-state index is -3.42. The zero-order chi connectivity index (χ0) is 26.1. The quantitative estimate of drug-likeness (QED) is 0.278. The number of rotatable bonds is 10. The molecule has 1 aromatic heterocycles. The lowest BCUT2D eigenvalue weighted by Gasteiger charge is -2.22. The molecule has 1 aromatic carbocycles. The van der Waals surface area contributed by atoms with Crippen LogP contribution >= 0.6 is 11.3 Å². The minimum absolute atomic E-state index is 0.158. The maximum Gasteiger partial charge on any atom is 0.348 e. The number of carbonyl (C=O) groups excluding carboxylic acids is 2. The molecule has 36 heavy (non-hydrogen) atoms. The van der Waals surface area contributed by atoms with E-state index in [9.17, 15) is 23.5 Å². The Morgan fingerprint density at radius 1 is 1.28 bits per heavy atom.